The molecule has 2 aromatic rings. The second-order valence-corrected chi connectivity index (χ2v) is 4.65. The zero-order chi connectivity index (χ0) is 11.8. The molecule has 1 atom stereocenters. The highest BCUT2D eigenvalue weighted by molar-refractivity contribution is 5.79. The van der Waals surface area contributed by atoms with Crippen LogP contribution < -0.4 is 5.73 Å². The maximum Gasteiger partial charge on any atom is 0.107 e. The molecule has 0 aliphatic carbocycles. The van der Waals surface area contributed by atoms with Gasteiger partial charge in [0.05, 0.1) is 23.7 Å². The molecule has 4 nitrogen and oxygen atoms in total. The Kier molecular flexibility index (Phi) is 2.52. The van der Waals surface area contributed by atoms with Crippen LogP contribution in [0.3, 0.4) is 0 Å². The molecule has 90 valence electrons. The SMILES string of the molecule is Cc1nc2cc(N)ccc2n1C1CCCOC1. The third-order valence-corrected chi connectivity index (χ3v) is 3.39. The van der Waals surface area contributed by atoms with E-state index in [9.17, 15) is 0 Å². The number of nitrogen functional groups attached to an aromatic ring is 1. The van der Waals surface area contributed by atoms with E-state index < -0.39 is 0 Å². The van der Waals surface area contributed by atoms with E-state index in [1.807, 2.05) is 19.1 Å². The molecule has 0 spiro atoms. The van der Waals surface area contributed by atoms with Gasteiger partial charge in [0.1, 0.15) is 5.82 Å². The van der Waals surface area contributed by atoms with E-state index >= 15 is 0 Å². The predicted octanol–water partition coefficient (Wildman–Crippen LogP) is 2.28. The van der Waals surface area contributed by atoms with Crippen molar-refractivity contribution < 1.29 is 4.74 Å². The van der Waals surface area contributed by atoms with Crippen LogP contribution in [0.25, 0.3) is 11.0 Å². The number of nitrogens with zero attached hydrogens (tertiary/aromatic N) is 2. The fourth-order valence-electron chi connectivity index (χ4n) is 2.62. The molecule has 2 N–H and O–H groups in total. The Morgan fingerprint density at radius 2 is 2.35 bits per heavy atom. The molecule has 4 heteroatoms. The molecular weight excluding hydrogens is 214 g/mol. The van der Waals surface area contributed by atoms with E-state index in [2.05, 4.69) is 15.6 Å². The van der Waals surface area contributed by atoms with Gasteiger partial charge in [-0.15, -0.1) is 0 Å². The number of anilines is 1. The van der Waals surface area contributed by atoms with Crippen LogP contribution >= 0.6 is 0 Å². The Morgan fingerprint density at radius 3 is 3.12 bits per heavy atom. The summed E-state index contributed by atoms with van der Waals surface area (Å²) in [5.41, 5.74) is 8.69. The monoisotopic (exact) mass is 231 g/mol. The quantitative estimate of drug-likeness (QED) is 0.766. The number of imidazole rings is 1. The van der Waals surface area contributed by atoms with Crippen molar-refractivity contribution in [1.29, 1.82) is 0 Å². The second-order valence-electron chi connectivity index (χ2n) is 4.65. The zero-order valence-electron chi connectivity index (χ0n) is 10.0. The molecule has 0 amide bonds. The number of ether oxygens (including phenoxy) is 1. The van der Waals surface area contributed by atoms with Crippen LogP contribution in [0.2, 0.25) is 0 Å². The van der Waals surface area contributed by atoms with Crippen LogP contribution in [0.5, 0.6) is 0 Å². The first kappa shape index (κ1) is 10.6. The standard InChI is InChI=1S/C13H17N3O/c1-9-15-12-7-10(14)4-5-13(12)16(9)11-3-2-6-17-8-11/h4-5,7,11H,2-3,6,8,14H2,1H3. The summed E-state index contributed by atoms with van der Waals surface area (Å²) in [5.74, 6) is 1.04. The summed E-state index contributed by atoms with van der Waals surface area (Å²) in [6.07, 6.45) is 2.29. The first-order chi connectivity index (χ1) is 8.25. The van der Waals surface area contributed by atoms with Gasteiger partial charge in [0.25, 0.3) is 0 Å². The van der Waals surface area contributed by atoms with E-state index in [0.717, 1.165) is 48.6 Å². The van der Waals surface area contributed by atoms with Crippen molar-refractivity contribution >= 4 is 16.7 Å². The first-order valence-electron chi connectivity index (χ1n) is 6.07. The van der Waals surface area contributed by atoms with Gasteiger partial charge >= 0.3 is 0 Å². The highest BCUT2D eigenvalue weighted by Crippen LogP contribution is 2.27. The number of hydrogen-bond donors (Lipinski definition) is 1. The summed E-state index contributed by atoms with van der Waals surface area (Å²) in [7, 11) is 0. The Bertz CT molecular complexity index is 541. The van der Waals surface area contributed by atoms with Gasteiger partial charge in [-0.05, 0) is 38.0 Å². The molecule has 1 saturated heterocycles. The Labute approximate surface area is 100 Å². The van der Waals surface area contributed by atoms with Crippen LogP contribution in [0, 0.1) is 6.92 Å². The van der Waals surface area contributed by atoms with Crippen LogP contribution in [0.4, 0.5) is 5.69 Å². The van der Waals surface area contributed by atoms with Crippen molar-refractivity contribution in [2.45, 2.75) is 25.8 Å². The lowest BCUT2D eigenvalue weighted by atomic mass is 10.1. The number of aromatic nitrogens is 2. The largest absolute Gasteiger partial charge is 0.399 e. The lowest BCUT2D eigenvalue weighted by molar-refractivity contribution is 0.0598. The number of fused-ring (bicyclic) bond motifs is 1. The summed E-state index contributed by atoms with van der Waals surface area (Å²) < 4.78 is 7.85. The molecule has 17 heavy (non-hydrogen) atoms. The summed E-state index contributed by atoms with van der Waals surface area (Å²) in [6, 6.07) is 6.34. The number of benzene rings is 1. The van der Waals surface area contributed by atoms with Gasteiger partial charge in [-0.1, -0.05) is 0 Å². The molecule has 1 unspecified atom stereocenters. The van der Waals surface area contributed by atoms with Crippen LogP contribution in [0.15, 0.2) is 18.2 Å². The maximum atomic E-state index is 5.79. The molecule has 2 heterocycles. The van der Waals surface area contributed by atoms with Crippen LogP contribution in [-0.2, 0) is 4.74 Å². The lowest BCUT2D eigenvalue weighted by Gasteiger charge is -2.25. The molecule has 1 aliphatic heterocycles. The number of rotatable bonds is 1. The Balaban J connectivity index is 2.11. The van der Waals surface area contributed by atoms with Gasteiger partial charge in [0.2, 0.25) is 0 Å². The Morgan fingerprint density at radius 1 is 1.47 bits per heavy atom. The molecule has 3 rings (SSSR count). The molecule has 1 aromatic heterocycles. The van der Waals surface area contributed by atoms with Crippen molar-refractivity contribution in [3.63, 3.8) is 0 Å². The summed E-state index contributed by atoms with van der Waals surface area (Å²) in [5, 5.41) is 0. The molecule has 1 aliphatic rings. The summed E-state index contributed by atoms with van der Waals surface area (Å²) in [4.78, 5) is 4.58. The lowest BCUT2D eigenvalue weighted by Crippen LogP contribution is -2.22. The number of aryl methyl sites for hydroxylation is 1. The van der Waals surface area contributed by atoms with Crippen molar-refractivity contribution in [3.05, 3.63) is 24.0 Å². The molecular formula is C13H17N3O. The third kappa shape index (κ3) is 1.78. The van der Waals surface area contributed by atoms with Gasteiger partial charge in [-0.2, -0.15) is 0 Å². The van der Waals surface area contributed by atoms with Gasteiger partial charge in [0.15, 0.2) is 0 Å². The molecule has 0 saturated carbocycles. The average Bonchev–Trinajstić information content (AvgIpc) is 2.65. The molecule has 1 aromatic carbocycles. The van der Waals surface area contributed by atoms with Gasteiger partial charge in [0, 0.05) is 12.3 Å². The molecule has 1 fully saturated rings. The van der Waals surface area contributed by atoms with Crippen molar-refractivity contribution in [1.82, 2.24) is 9.55 Å². The summed E-state index contributed by atoms with van der Waals surface area (Å²) in [6.45, 7) is 3.72. The molecule has 0 bridgehead atoms. The number of nitrogens with two attached hydrogens (primary N) is 1. The number of hydrogen-bond acceptors (Lipinski definition) is 3. The predicted molar refractivity (Wildman–Crippen MR) is 68.0 cm³/mol. The minimum Gasteiger partial charge on any atom is -0.399 e. The summed E-state index contributed by atoms with van der Waals surface area (Å²) >= 11 is 0. The van der Waals surface area contributed by atoms with Gasteiger partial charge in [-0.25, -0.2) is 4.98 Å². The third-order valence-electron chi connectivity index (χ3n) is 3.39. The first-order valence-corrected chi connectivity index (χ1v) is 6.07. The topological polar surface area (TPSA) is 53.1 Å². The van der Waals surface area contributed by atoms with E-state index in [-0.39, 0.29) is 0 Å². The fourth-order valence-corrected chi connectivity index (χ4v) is 2.62. The van der Waals surface area contributed by atoms with Gasteiger partial charge < -0.3 is 15.0 Å². The maximum absolute atomic E-state index is 5.79. The van der Waals surface area contributed by atoms with E-state index in [1.165, 1.54) is 0 Å². The average molecular weight is 231 g/mol. The minimum absolute atomic E-state index is 0.414. The van der Waals surface area contributed by atoms with E-state index in [4.69, 9.17) is 10.5 Å². The normalized spacial score (nSPS) is 20.9. The Hall–Kier alpha value is -1.55. The minimum atomic E-state index is 0.414. The highest BCUT2D eigenvalue weighted by atomic mass is 16.5. The zero-order valence-corrected chi connectivity index (χ0v) is 10.0. The van der Waals surface area contributed by atoms with Crippen molar-refractivity contribution in [2.24, 2.45) is 0 Å². The highest BCUT2D eigenvalue weighted by Gasteiger charge is 2.20. The van der Waals surface area contributed by atoms with Gasteiger partial charge in [-0.3, -0.25) is 0 Å². The smallest absolute Gasteiger partial charge is 0.107 e. The van der Waals surface area contributed by atoms with Crippen LogP contribution in [-0.4, -0.2) is 22.8 Å². The van der Waals surface area contributed by atoms with Crippen molar-refractivity contribution in [2.75, 3.05) is 18.9 Å². The second kappa shape index (κ2) is 4.04. The van der Waals surface area contributed by atoms with Crippen LogP contribution in [0.1, 0.15) is 24.7 Å². The van der Waals surface area contributed by atoms with Crippen molar-refractivity contribution in [3.8, 4) is 0 Å². The van der Waals surface area contributed by atoms with E-state index in [1.54, 1.807) is 0 Å². The van der Waals surface area contributed by atoms with E-state index in [0.29, 0.717) is 6.04 Å². The fraction of sp³-hybridized carbons (Fsp3) is 0.462. The molecule has 0 radical (unpaired) electrons.